The van der Waals surface area contributed by atoms with Crippen molar-refractivity contribution in [3.63, 3.8) is 0 Å². The minimum absolute atomic E-state index is 0.136. The second-order valence-corrected chi connectivity index (χ2v) is 15.6. The van der Waals surface area contributed by atoms with Gasteiger partial charge in [0, 0.05) is 46.5 Å². The van der Waals surface area contributed by atoms with E-state index in [2.05, 4.69) is 21.3 Å². The Labute approximate surface area is 384 Å². The van der Waals surface area contributed by atoms with Gasteiger partial charge in [-0.15, -0.1) is 0 Å². The van der Waals surface area contributed by atoms with Gasteiger partial charge in [0.15, 0.2) is 0 Å². The molecule has 67 heavy (non-hydrogen) atoms. The van der Waals surface area contributed by atoms with Gasteiger partial charge < -0.3 is 37.8 Å². The number of hydrogen-bond acceptors (Lipinski definition) is 7. The van der Waals surface area contributed by atoms with Gasteiger partial charge in [0.05, 0.1) is 0 Å². The molecule has 6 aromatic carbocycles. The summed E-state index contributed by atoms with van der Waals surface area (Å²) in [5.74, 6) is -5.85. The summed E-state index contributed by atoms with van der Waals surface area (Å²) in [5.41, 5.74) is 17.4. The first kappa shape index (κ1) is 49.7. The largest absolute Gasteiger partial charge is 0.490 e. The molecule has 0 aliphatic heterocycles. The van der Waals surface area contributed by atoms with Gasteiger partial charge >= 0.3 is 12.1 Å². The molecule has 13 nitrogen and oxygen atoms in total. The summed E-state index contributed by atoms with van der Waals surface area (Å²) in [4.78, 5) is 77.7. The molecule has 0 aliphatic rings. The van der Waals surface area contributed by atoms with Crippen molar-refractivity contribution in [2.45, 2.75) is 51.0 Å². The number of carbonyl (C=O) groups is 6. The standard InChI is InChI=1S/C49H48N6O5.C2HF3O2/c1-31(2)44(45(51)56)55-49(60)43(30-33-19-7-4-8-20-33)54-47(58)39-26-12-10-22-35(39)34-21-9-11-25-38(34)46(57)53-42(29-32-17-5-3-6-18-32)48(59)52-41-28-16-14-24-37(41)36-23-13-15-27-40(36)50;3-2(4,5)1(6)7/h3-28,31,42-44H,29-30,50H2,1-2H3,(H2,51,56)(H,52,59)(H,53,57)(H,54,58)(H,55,60);(H,6,7)/t42-,43+,44-;/m0./s1. The Morgan fingerprint density at radius 2 is 0.925 bits per heavy atom. The average Bonchev–Trinajstić information content (AvgIpc) is 3.31. The summed E-state index contributed by atoms with van der Waals surface area (Å²) in [6.45, 7) is 3.53. The van der Waals surface area contributed by atoms with Crippen LogP contribution >= 0.6 is 0 Å². The molecule has 0 aromatic heterocycles. The van der Waals surface area contributed by atoms with Gasteiger partial charge in [-0.2, -0.15) is 13.2 Å². The molecule has 0 heterocycles. The SMILES string of the molecule is CC(C)[C@H](NC(=O)[C@@H](Cc1ccccc1)NC(=O)c1ccccc1-c1ccccc1C(=O)N[C@@H](Cc1ccccc1)C(=O)Nc1ccccc1-c1ccccc1N)C(N)=O.O=C(O)C(F)(F)F. The maximum Gasteiger partial charge on any atom is 0.490 e. The molecule has 0 spiro atoms. The number of para-hydroxylation sites is 2. The summed E-state index contributed by atoms with van der Waals surface area (Å²) >= 11 is 0. The van der Waals surface area contributed by atoms with E-state index in [-0.39, 0.29) is 29.9 Å². The van der Waals surface area contributed by atoms with Crippen molar-refractivity contribution in [2.24, 2.45) is 11.7 Å². The van der Waals surface area contributed by atoms with Gasteiger partial charge in [0.2, 0.25) is 17.7 Å². The van der Waals surface area contributed by atoms with E-state index < -0.39 is 59.8 Å². The zero-order chi connectivity index (χ0) is 48.7. The zero-order valence-electron chi connectivity index (χ0n) is 36.4. The molecule has 346 valence electrons. The molecular formula is C51H49F3N6O7. The molecule has 5 amide bonds. The van der Waals surface area contributed by atoms with E-state index in [9.17, 15) is 37.1 Å². The fraction of sp³-hybridized carbons (Fsp3) is 0.176. The molecule has 0 fully saturated rings. The van der Waals surface area contributed by atoms with Gasteiger partial charge in [0.25, 0.3) is 11.8 Å². The van der Waals surface area contributed by atoms with Crippen LogP contribution in [0.1, 0.15) is 45.7 Å². The van der Waals surface area contributed by atoms with E-state index in [0.717, 1.165) is 22.3 Å². The predicted molar refractivity (Wildman–Crippen MR) is 249 cm³/mol. The molecule has 0 bridgehead atoms. The minimum atomic E-state index is -5.08. The third kappa shape index (κ3) is 13.9. The second kappa shape index (κ2) is 23.1. The molecule has 0 unspecified atom stereocenters. The lowest BCUT2D eigenvalue weighted by atomic mass is 9.93. The molecule has 3 atom stereocenters. The second-order valence-electron chi connectivity index (χ2n) is 15.6. The Morgan fingerprint density at radius 3 is 1.36 bits per heavy atom. The van der Waals surface area contributed by atoms with E-state index in [0.29, 0.717) is 22.5 Å². The lowest BCUT2D eigenvalue weighted by Gasteiger charge is -2.24. The summed E-state index contributed by atoms with van der Waals surface area (Å²) in [5, 5.41) is 18.7. The van der Waals surface area contributed by atoms with Gasteiger partial charge in [-0.1, -0.05) is 147 Å². The highest BCUT2D eigenvalue weighted by atomic mass is 19.4. The minimum Gasteiger partial charge on any atom is -0.475 e. The summed E-state index contributed by atoms with van der Waals surface area (Å²) in [6.07, 6.45) is -4.76. The maximum absolute atomic E-state index is 14.4. The summed E-state index contributed by atoms with van der Waals surface area (Å²) in [7, 11) is 0. The van der Waals surface area contributed by atoms with Crippen LogP contribution in [-0.4, -0.2) is 64.9 Å². The quantitative estimate of drug-likeness (QED) is 0.0492. The van der Waals surface area contributed by atoms with Gasteiger partial charge in [-0.25, -0.2) is 4.79 Å². The monoisotopic (exact) mass is 914 g/mol. The maximum atomic E-state index is 14.4. The molecule has 6 rings (SSSR count). The van der Waals surface area contributed by atoms with Crippen molar-refractivity contribution in [3.05, 3.63) is 180 Å². The van der Waals surface area contributed by atoms with Crippen molar-refractivity contribution in [1.29, 1.82) is 0 Å². The van der Waals surface area contributed by atoms with Crippen molar-refractivity contribution in [2.75, 3.05) is 11.1 Å². The zero-order valence-corrected chi connectivity index (χ0v) is 36.4. The number of nitrogens with one attached hydrogen (secondary N) is 4. The predicted octanol–water partition coefficient (Wildman–Crippen LogP) is 7.18. The number of carboxylic acids is 1. The molecule has 6 aromatic rings. The number of primary amides is 1. The summed E-state index contributed by atoms with van der Waals surface area (Å²) in [6, 6.07) is 43.8. The lowest BCUT2D eigenvalue weighted by Crippen LogP contribution is -2.55. The number of benzene rings is 6. The first-order valence-electron chi connectivity index (χ1n) is 21.0. The number of nitrogens with two attached hydrogens (primary N) is 2. The fourth-order valence-corrected chi connectivity index (χ4v) is 7.03. The van der Waals surface area contributed by atoms with Gasteiger partial charge in [-0.05, 0) is 52.4 Å². The average molecular weight is 915 g/mol. The smallest absolute Gasteiger partial charge is 0.475 e. The van der Waals surface area contributed by atoms with E-state index in [1.54, 1.807) is 74.5 Å². The van der Waals surface area contributed by atoms with Gasteiger partial charge in [0.1, 0.15) is 18.1 Å². The van der Waals surface area contributed by atoms with Crippen molar-refractivity contribution in [3.8, 4) is 22.3 Å². The lowest BCUT2D eigenvalue weighted by molar-refractivity contribution is -0.192. The third-order valence-electron chi connectivity index (χ3n) is 10.4. The first-order chi connectivity index (χ1) is 31.9. The number of aliphatic carboxylic acids is 1. The normalized spacial score (nSPS) is 12.3. The van der Waals surface area contributed by atoms with Crippen LogP contribution in [0.25, 0.3) is 22.3 Å². The number of carboxylic acid groups (broad SMARTS) is 1. The molecule has 0 aliphatic carbocycles. The van der Waals surface area contributed by atoms with Crippen LogP contribution in [0.3, 0.4) is 0 Å². The molecule has 0 radical (unpaired) electrons. The van der Waals surface area contributed by atoms with Crippen LogP contribution < -0.4 is 32.7 Å². The Bertz CT molecular complexity index is 2700. The molecule has 0 saturated carbocycles. The van der Waals surface area contributed by atoms with Crippen LogP contribution in [0.2, 0.25) is 0 Å². The highest BCUT2D eigenvalue weighted by Crippen LogP contribution is 2.32. The van der Waals surface area contributed by atoms with Crippen molar-refractivity contribution >= 4 is 46.9 Å². The number of nitrogen functional groups attached to an aromatic ring is 1. The van der Waals surface area contributed by atoms with Crippen LogP contribution in [0.15, 0.2) is 158 Å². The number of hydrogen-bond donors (Lipinski definition) is 7. The van der Waals surface area contributed by atoms with Crippen LogP contribution in [0.4, 0.5) is 24.5 Å². The molecule has 16 heteroatoms. The Balaban J connectivity index is 0.00000111. The van der Waals surface area contributed by atoms with Crippen LogP contribution in [-0.2, 0) is 32.0 Å². The van der Waals surface area contributed by atoms with E-state index in [4.69, 9.17) is 21.4 Å². The number of amides is 5. The number of halogens is 3. The number of rotatable bonds is 16. The number of alkyl halides is 3. The van der Waals surface area contributed by atoms with E-state index >= 15 is 0 Å². The third-order valence-corrected chi connectivity index (χ3v) is 10.4. The highest BCUT2D eigenvalue weighted by Gasteiger charge is 2.38. The summed E-state index contributed by atoms with van der Waals surface area (Å²) < 4.78 is 31.7. The van der Waals surface area contributed by atoms with Crippen LogP contribution in [0.5, 0.6) is 0 Å². The highest BCUT2D eigenvalue weighted by molar-refractivity contribution is 6.09. The first-order valence-corrected chi connectivity index (χ1v) is 21.0. The van der Waals surface area contributed by atoms with Gasteiger partial charge in [-0.3, -0.25) is 24.0 Å². The fourth-order valence-electron chi connectivity index (χ4n) is 7.03. The Kier molecular flexibility index (Phi) is 17.1. The van der Waals surface area contributed by atoms with Crippen molar-refractivity contribution < 1.29 is 47.0 Å². The number of carbonyl (C=O) groups excluding carboxylic acids is 5. The molecule has 9 N–H and O–H groups in total. The molecule has 0 saturated heterocycles. The van der Waals surface area contributed by atoms with E-state index in [1.807, 2.05) is 97.1 Å². The Hall–Kier alpha value is -8.27. The topological polar surface area (TPSA) is 223 Å². The number of anilines is 2. The van der Waals surface area contributed by atoms with E-state index in [1.165, 1.54) is 0 Å². The molecular weight excluding hydrogens is 866 g/mol. The van der Waals surface area contributed by atoms with Crippen LogP contribution in [0, 0.1) is 5.92 Å². The van der Waals surface area contributed by atoms with Crippen molar-refractivity contribution in [1.82, 2.24) is 16.0 Å². The Morgan fingerprint density at radius 1 is 0.537 bits per heavy atom.